The third-order valence-electron chi connectivity index (χ3n) is 2.92. The van der Waals surface area contributed by atoms with Crippen LogP contribution in [0, 0.1) is 0 Å². The molecule has 19 heavy (non-hydrogen) atoms. The molecule has 3 aromatic rings. The van der Waals surface area contributed by atoms with Crippen molar-refractivity contribution >= 4 is 20.9 Å². The quantitative estimate of drug-likeness (QED) is 0.728. The van der Waals surface area contributed by atoms with Gasteiger partial charge in [-0.15, -0.1) is 0 Å². The van der Waals surface area contributed by atoms with Crippen molar-refractivity contribution in [2.24, 2.45) is 0 Å². The zero-order valence-electron chi connectivity index (χ0n) is 9.78. The molecule has 5 heteroatoms. The molecule has 1 heterocycles. The number of fused-ring (bicyclic) bond motifs is 1. The molecule has 96 valence electrons. The lowest BCUT2D eigenvalue weighted by atomic mass is 10.1. The standard InChI is InChI=1S/C14H10O4S/c15-19(16,17)14-11-5-2-1-4-10(11)7-8-12(14)13-6-3-9-18-13/h1-9H,(H,15,16,17). The normalized spacial score (nSPS) is 11.8. The minimum atomic E-state index is -4.35. The van der Waals surface area contributed by atoms with Gasteiger partial charge in [-0.3, -0.25) is 4.55 Å². The van der Waals surface area contributed by atoms with Crippen LogP contribution in [0.1, 0.15) is 0 Å². The maximum Gasteiger partial charge on any atom is 0.295 e. The van der Waals surface area contributed by atoms with Gasteiger partial charge < -0.3 is 4.42 Å². The van der Waals surface area contributed by atoms with E-state index in [4.69, 9.17) is 4.42 Å². The number of rotatable bonds is 2. The first-order valence-corrected chi connectivity index (χ1v) is 7.04. The van der Waals surface area contributed by atoms with Gasteiger partial charge in [0.2, 0.25) is 0 Å². The number of hydrogen-bond donors (Lipinski definition) is 1. The van der Waals surface area contributed by atoms with Gasteiger partial charge in [0.1, 0.15) is 10.7 Å². The Morgan fingerprint density at radius 1 is 0.947 bits per heavy atom. The van der Waals surface area contributed by atoms with E-state index in [1.807, 2.05) is 6.07 Å². The second kappa shape index (κ2) is 4.22. The lowest BCUT2D eigenvalue weighted by Gasteiger charge is -2.08. The largest absolute Gasteiger partial charge is 0.464 e. The average molecular weight is 274 g/mol. The summed E-state index contributed by atoms with van der Waals surface area (Å²) in [5, 5.41) is 1.21. The zero-order valence-corrected chi connectivity index (χ0v) is 10.6. The SMILES string of the molecule is O=S(=O)(O)c1c(-c2ccco2)ccc2ccccc12. The molecule has 2 aromatic carbocycles. The van der Waals surface area contributed by atoms with Crippen LogP contribution in [0.3, 0.4) is 0 Å². The highest BCUT2D eigenvalue weighted by Gasteiger charge is 2.21. The van der Waals surface area contributed by atoms with Crippen LogP contribution in [-0.2, 0) is 10.1 Å². The summed E-state index contributed by atoms with van der Waals surface area (Å²) in [4.78, 5) is -0.124. The van der Waals surface area contributed by atoms with Crippen molar-refractivity contribution in [3.63, 3.8) is 0 Å². The predicted octanol–water partition coefficient (Wildman–Crippen LogP) is 3.35. The lowest BCUT2D eigenvalue weighted by Crippen LogP contribution is -2.01. The van der Waals surface area contributed by atoms with Gasteiger partial charge in [-0.25, -0.2) is 0 Å². The van der Waals surface area contributed by atoms with Gasteiger partial charge in [0.05, 0.1) is 6.26 Å². The first-order chi connectivity index (χ1) is 9.07. The summed E-state index contributed by atoms with van der Waals surface area (Å²) in [6.45, 7) is 0. The van der Waals surface area contributed by atoms with Crippen LogP contribution in [0.4, 0.5) is 0 Å². The summed E-state index contributed by atoms with van der Waals surface area (Å²) in [5.74, 6) is 0.401. The smallest absolute Gasteiger partial charge is 0.295 e. The molecule has 0 aliphatic carbocycles. The van der Waals surface area contributed by atoms with E-state index < -0.39 is 10.1 Å². The molecule has 0 unspecified atom stereocenters. The van der Waals surface area contributed by atoms with Crippen molar-refractivity contribution < 1.29 is 17.4 Å². The maximum absolute atomic E-state index is 11.7. The molecule has 4 nitrogen and oxygen atoms in total. The summed E-state index contributed by atoms with van der Waals surface area (Å²) >= 11 is 0. The lowest BCUT2D eigenvalue weighted by molar-refractivity contribution is 0.484. The van der Waals surface area contributed by atoms with Gasteiger partial charge in [0.25, 0.3) is 10.1 Å². The second-order valence-corrected chi connectivity index (χ2v) is 5.47. The van der Waals surface area contributed by atoms with Gasteiger partial charge in [0.15, 0.2) is 0 Å². The Balaban J connectivity index is 2.47. The summed E-state index contributed by atoms with van der Waals surface area (Å²) in [6.07, 6.45) is 1.46. The van der Waals surface area contributed by atoms with Crippen molar-refractivity contribution in [2.75, 3.05) is 0 Å². The van der Waals surface area contributed by atoms with Gasteiger partial charge >= 0.3 is 0 Å². The number of hydrogen-bond acceptors (Lipinski definition) is 3. The van der Waals surface area contributed by atoms with E-state index in [9.17, 15) is 13.0 Å². The van der Waals surface area contributed by atoms with Gasteiger partial charge in [-0.2, -0.15) is 8.42 Å². The fraction of sp³-hybridized carbons (Fsp3) is 0. The summed E-state index contributed by atoms with van der Waals surface area (Å²) in [6, 6.07) is 13.7. The molecule has 0 aliphatic rings. The van der Waals surface area contributed by atoms with Crippen LogP contribution < -0.4 is 0 Å². The molecule has 0 saturated carbocycles. The fourth-order valence-corrected chi connectivity index (χ4v) is 3.06. The van der Waals surface area contributed by atoms with Crippen LogP contribution in [0.15, 0.2) is 64.1 Å². The monoisotopic (exact) mass is 274 g/mol. The Hall–Kier alpha value is -2.11. The van der Waals surface area contributed by atoms with E-state index in [1.54, 1.807) is 42.5 Å². The highest BCUT2D eigenvalue weighted by molar-refractivity contribution is 7.86. The van der Waals surface area contributed by atoms with Crippen LogP contribution in [0.5, 0.6) is 0 Å². The zero-order chi connectivity index (χ0) is 13.5. The van der Waals surface area contributed by atoms with Crippen LogP contribution in [-0.4, -0.2) is 13.0 Å². The van der Waals surface area contributed by atoms with E-state index in [-0.39, 0.29) is 4.90 Å². The van der Waals surface area contributed by atoms with Gasteiger partial charge in [0, 0.05) is 10.9 Å². The van der Waals surface area contributed by atoms with E-state index in [0.29, 0.717) is 16.7 Å². The minimum absolute atomic E-state index is 0.124. The summed E-state index contributed by atoms with van der Waals surface area (Å²) in [7, 11) is -4.35. The summed E-state index contributed by atoms with van der Waals surface area (Å²) < 4.78 is 38.1. The Bertz CT molecular complexity index is 833. The van der Waals surface area contributed by atoms with Crippen molar-refractivity contribution in [1.29, 1.82) is 0 Å². The molecular formula is C14H10O4S. The Morgan fingerprint density at radius 3 is 2.42 bits per heavy atom. The van der Waals surface area contributed by atoms with E-state index in [1.165, 1.54) is 6.26 Å². The van der Waals surface area contributed by atoms with Crippen molar-refractivity contribution in [1.82, 2.24) is 0 Å². The summed E-state index contributed by atoms with van der Waals surface area (Å²) in [5.41, 5.74) is 0.353. The Morgan fingerprint density at radius 2 is 1.74 bits per heavy atom. The van der Waals surface area contributed by atoms with Crippen molar-refractivity contribution in [3.05, 3.63) is 54.8 Å². The van der Waals surface area contributed by atoms with Crippen molar-refractivity contribution in [2.45, 2.75) is 4.90 Å². The highest BCUT2D eigenvalue weighted by atomic mass is 32.2. The highest BCUT2D eigenvalue weighted by Crippen LogP contribution is 2.33. The fourth-order valence-electron chi connectivity index (χ4n) is 2.15. The molecule has 0 radical (unpaired) electrons. The Kier molecular flexibility index (Phi) is 2.66. The average Bonchev–Trinajstić information content (AvgIpc) is 2.90. The molecule has 0 spiro atoms. The maximum atomic E-state index is 11.7. The molecule has 0 saturated heterocycles. The van der Waals surface area contributed by atoms with E-state index in [2.05, 4.69) is 0 Å². The molecule has 3 rings (SSSR count). The third-order valence-corrected chi connectivity index (χ3v) is 3.88. The van der Waals surface area contributed by atoms with Crippen LogP contribution in [0.2, 0.25) is 0 Å². The number of furan rings is 1. The second-order valence-electron chi connectivity index (χ2n) is 4.12. The van der Waals surface area contributed by atoms with Gasteiger partial charge in [-0.05, 0) is 23.6 Å². The molecular weight excluding hydrogens is 264 g/mol. The first-order valence-electron chi connectivity index (χ1n) is 5.60. The topological polar surface area (TPSA) is 67.5 Å². The molecule has 0 fully saturated rings. The van der Waals surface area contributed by atoms with E-state index in [0.717, 1.165) is 5.39 Å². The minimum Gasteiger partial charge on any atom is -0.464 e. The number of benzene rings is 2. The molecule has 0 bridgehead atoms. The van der Waals surface area contributed by atoms with Crippen molar-refractivity contribution in [3.8, 4) is 11.3 Å². The molecule has 0 amide bonds. The first kappa shape index (κ1) is 12.0. The van der Waals surface area contributed by atoms with Gasteiger partial charge in [-0.1, -0.05) is 30.3 Å². The van der Waals surface area contributed by atoms with E-state index >= 15 is 0 Å². The van der Waals surface area contributed by atoms with Crippen LogP contribution >= 0.6 is 0 Å². The molecule has 0 aliphatic heterocycles. The van der Waals surface area contributed by atoms with Crippen LogP contribution in [0.25, 0.3) is 22.1 Å². The molecule has 1 aromatic heterocycles. The Labute approximate surface area is 110 Å². The molecule has 1 N–H and O–H groups in total. The molecule has 0 atom stereocenters. The third kappa shape index (κ3) is 2.03. The predicted molar refractivity (Wildman–Crippen MR) is 71.5 cm³/mol.